The van der Waals surface area contributed by atoms with Crippen LogP contribution in [0.1, 0.15) is 29.6 Å². The molecule has 1 heterocycles. The lowest BCUT2D eigenvalue weighted by Gasteiger charge is -2.30. The van der Waals surface area contributed by atoms with E-state index in [0.717, 1.165) is 19.3 Å². The molecular formula is C18H19FN2O2. The molecule has 0 spiro atoms. The molecule has 1 amide bonds. The molecule has 2 bridgehead atoms. The number of benzene rings is 1. The Balaban J connectivity index is 1.65. The van der Waals surface area contributed by atoms with Gasteiger partial charge in [0, 0.05) is 30.1 Å². The standard InChI is InChI=1S/C18H19FN2O2/c19-13-7-11-2-1-5-20-16(11)14(8-13)18(23)21-17-12-4-3-10(6-12)15(17)9-22/h1-2,5,7-8,10,12,15,17,22H,3-4,6,9H2,(H,21,23). The lowest BCUT2D eigenvalue weighted by molar-refractivity contribution is 0.0862. The molecule has 4 atom stereocenters. The van der Waals surface area contributed by atoms with Gasteiger partial charge in [0.15, 0.2) is 0 Å². The number of aromatic nitrogens is 1. The summed E-state index contributed by atoms with van der Waals surface area (Å²) in [5.41, 5.74) is 0.773. The molecule has 4 unspecified atom stereocenters. The van der Waals surface area contributed by atoms with Crippen molar-refractivity contribution in [1.82, 2.24) is 10.3 Å². The summed E-state index contributed by atoms with van der Waals surface area (Å²) < 4.78 is 13.8. The highest BCUT2D eigenvalue weighted by Gasteiger charge is 2.47. The number of hydrogen-bond acceptors (Lipinski definition) is 3. The molecule has 2 aliphatic carbocycles. The molecule has 4 rings (SSSR count). The third kappa shape index (κ3) is 2.39. The van der Waals surface area contributed by atoms with Crippen molar-refractivity contribution in [2.45, 2.75) is 25.3 Å². The number of aliphatic hydroxyl groups excluding tert-OH is 1. The van der Waals surface area contributed by atoms with Gasteiger partial charge in [-0.2, -0.15) is 0 Å². The minimum Gasteiger partial charge on any atom is -0.396 e. The molecule has 0 saturated heterocycles. The first-order valence-corrected chi connectivity index (χ1v) is 8.13. The van der Waals surface area contributed by atoms with E-state index < -0.39 is 5.82 Å². The van der Waals surface area contributed by atoms with Gasteiger partial charge >= 0.3 is 0 Å². The van der Waals surface area contributed by atoms with Crippen LogP contribution in [-0.2, 0) is 0 Å². The third-order valence-corrected chi connectivity index (χ3v) is 5.51. The Bertz CT molecular complexity index is 764. The molecule has 1 aromatic heterocycles. The number of aliphatic hydroxyl groups is 1. The fraction of sp³-hybridized carbons (Fsp3) is 0.444. The summed E-state index contributed by atoms with van der Waals surface area (Å²) in [7, 11) is 0. The highest BCUT2D eigenvalue weighted by atomic mass is 19.1. The number of pyridine rings is 1. The number of hydrogen-bond donors (Lipinski definition) is 2. The van der Waals surface area contributed by atoms with Gasteiger partial charge in [0.25, 0.3) is 5.91 Å². The molecule has 2 aromatic rings. The van der Waals surface area contributed by atoms with E-state index in [2.05, 4.69) is 10.3 Å². The minimum absolute atomic E-state index is 0.0201. The summed E-state index contributed by atoms with van der Waals surface area (Å²) >= 11 is 0. The zero-order valence-corrected chi connectivity index (χ0v) is 12.7. The van der Waals surface area contributed by atoms with Gasteiger partial charge in [-0.25, -0.2) is 4.39 Å². The van der Waals surface area contributed by atoms with Crippen LogP contribution in [0.5, 0.6) is 0 Å². The summed E-state index contributed by atoms with van der Waals surface area (Å²) in [6.45, 7) is 0.0915. The molecule has 120 valence electrons. The second-order valence-corrected chi connectivity index (χ2v) is 6.71. The van der Waals surface area contributed by atoms with Crippen LogP contribution in [0.3, 0.4) is 0 Å². The molecule has 0 aliphatic heterocycles. The number of fused-ring (bicyclic) bond motifs is 3. The monoisotopic (exact) mass is 314 g/mol. The Hall–Kier alpha value is -2.01. The zero-order valence-electron chi connectivity index (χ0n) is 12.7. The minimum atomic E-state index is -0.442. The average Bonchev–Trinajstić information content (AvgIpc) is 3.15. The van der Waals surface area contributed by atoms with Crippen LogP contribution in [0.2, 0.25) is 0 Å². The van der Waals surface area contributed by atoms with Crippen LogP contribution in [0.25, 0.3) is 10.9 Å². The number of halogens is 1. The topological polar surface area (TPSA) is 62.2 Å². The molecule has 23 heavy (non-hydrogen) atoms. The van der Waals surface area contributed by atoms with Crippen molar-refractivity contribution in [2.24, 2.45) is 17.8 Å². The molecular weight excluding hydrogens is 295 g/mol. The third-order valence-electron chi connectivity index (χ3n) is 5.51. The van der Waals surface area contributed by atoms with E-state index in [1.54, 1.807) is 18.3 Å². The van der Waals surface area contributed by atoms with Crippen molar-refractivity contribution in [3.8, 4) is 0 Å². The smallest absolute Gasteiger partial charge is 0.253 e. The first-order chi connectivity index (χ1) is 11.2. The quantitative estimate of drug-likeness (QED) is 0.915. The second kappa shape index (κ2) is 5.57. The van der Waals surface area contributed by atoms with Crippen LogP contribution < -0.4 is 5.32 Å². The van der Waals surface area contributed by atoms with Gasteiger partial charge < -0.3 is 10.4 Å². The Morgan fingerprint density at radius 2 is 2.17 bits per heavy atom. The molecule has 2 fully saturated rings. The zero-order chi connectivity index (χ0) is 16.0. The molecule has 2 saturated carbocycles. The van der Waals surface area contributed by atoms with E-state index in [-0.39, 0.29) is 30.0 Å². The second-order valence-electron chi connectivity index (χ2n) is 6.71. The fourth-order valence-corrected chi connectivity index (χ4v) is 4.46. The van der Waals surface area contributed by atoms with Gasteiger partial charge in [0.1, 0.15) is 5.82 Å². The Labute approximate surface area is 133 Å². The van der Waals surface area contributed by atoms with E-state index in [9.17, 15) is 14.3 Å². The number of carbonyl (C=O) groups excluding carboxylic acids is 1. The van der Waals surface area contributed by atoms with Gasteiger partial charge in [0.2, 0.25) is 0 Å². The Kier molecular flexibility index (Phi) is 3.53. The van der Waals surface area contributed by atoms with Gasteiger partial charge in [-0.05, 0) is 49.3 Å². The molecule has 2 aliphatic rings. The molecule has 2 N–H and O–H groups in total. The largest absolute Gasteiger partial charge is 0.396 e. The Morgan fingerprint density at radius 3 is 3.00 bits per heavy atom. The van der Waals surface area contributed by atoms with Crippen molar-refractivity contribution in [2.75, 3.05) is 6.61 Å². The van der Waals surface area contributed by atoms with Crippen molar-refractivity contribution < 1.29 is 14.3 Å². The molecule has 0 radical (unpaired) electrons. The predicted octanol–water partition coefficient (Wildman–Crippen LogP) is 2.51. The summed E-state index contributed by atoms with van der Waals surface area (Å²) in [5, 5.41) is 13.3. The lowest BCUT2D eigenvalue weighted by atomic mass is 9.85. The van der Waals surface area contributed by atoms with Crippen LogP contribution in [0.4, 0.5) is 4.39 Å². The maximum Gasteiger partial charge on any atom is 0.253 e. The van der Waals surface area contributed by atoms with Gasteiger partial charge in [-0.3, -0.25) is 9.78 Å². The van der Waals surface area contributed by atoms with E-state index in [4.69, 9.17) is 0 Å². The highest BCUT2D eigenvalue weighted by Crippen LogP contribution is 2.48. The molecule has 1 aromatic carbocycles. The van der Waals surface area contributed by atoms with Crippen molar-refractivity contribution in [3.05, 3.63) is 41.8 Å². The van der Waals surface area contributed by atoms with E-state index in [1.165, 1.54) is 12.1 Å². The normalized spacial score (nSPS) is 29.1. The number of rotatable bonds is 3. The van der Waals surface area contributed by atoms with Gasteiger partial charge in [0.05, 0.1) is 11.1 Å². The number of nitrogens with zero attached hydrogens (tertiary/aromatic N) is 1. The number of carbonyl (C=O) groups is 1. The van der Waals surface area contributed by atoms with Gasteiger partial charge in [-0.15, -0.1) is 0 Å². The first-order valence-electron chi connectivity index (χ1n) is 8.13. The van der Waals surface area contributed by atoms with E-state index in [0.29, 0.717) is 22.7 Å². The Morgan fingerprint density at radius 1 is 1.35 bits per heavy atom. The number of amides is 1. The maximum absolute atomic E-state index is 13.8. The first kappa shape index (κ1) is 14.6. The average molecular weight is 314 g/mol. The predicted molar refractivity (Wildman–Crippen MR) is 84.4 cm³/mol. The van der Waals surface area contributed by atoms with Crippen molar-refractivity contribution >= 4 is 16.8 Å². The van der Waals surface area contributed by atoms with Crippen LogP contribution in [0, 0.1) is 23.6 Å². The molecule has 5 heteroatoms. The lowest BCUT2D eigenvalue weighted by Crippen LogP contribution is -2.45. The fourth-order valence-electron chi connectivity index (χ4n) is 4.46. The van der Waals surface area contributed by atoms with Crippen molar-refractivity contribution in [1.29, 1.82) is 0 Å². The summed E-state index contributed by atoms with van der Waals surface area (Å²) in [5.74, 6) is 0.295. The van der Waals surface area contributed by atoms with E-state index in [1.807, 2.05) is 0 Å². The van der Waals surface area contributed by atoms with Crippen LogP contribution >= 0.6 is 0 Å². The van der Waals surface area contributed by atoms with Crippen LogP contribution in [-0.4, -0.2) is 28.6 Å². The van der Waals surface area contributed by atoms with E-state index >= 15 is 0 Å². The molecule has 4 nitrogen and oxygen atoms in total. The number of nitrogens with one attached hydrogen (secondary N) is 1. The van der Waals surface area contributed by atoms with Gasteiger partial charge in [-0.1, -0.05) is 6.07 Å². The summed E-state index contributed by atoms with van der Waals surface area (Å²) in [6.07, 6.45) is 4.89. The summed E-state index contributed by atoms with van der Waals surface area (Å²) in [4.78, 5) is 16.9. The highest BCUT2D eigenvalue weighted by molar-refractivity contribution is 6.05. The summed E-state index contributed by atoms with van der Waals surface area (Å²) in [6, 6.07) is 6.07. The van der Waals surface area contributed by atoms with Crippen LogP contribution in [0.15, 0.2) is 30.5 Å². The maximum atomic E-state index is 13.8. The van der Waals surface area contributed by atoms with Crippen molar-refractivity contribution in [3.63, 3.8) is 0 Å². The SMILES string of the molecule is O=C(NC1C2CCC(C2)C1CO)c1cc(F)cc2cccnc12.